The van der Waals surface area contributed by atoms with Crippen LogP contribution in [0.25, 0.3) is 0 Å². The van der Waals surface area contributed by atoms with Gasteiger partial charge in [0.25, 0.3) is 5.91 Å². The van der Waals surface area contributed by atoms with Crippen molar-refractivity contribution in [1.82, 2.24) is 0 Å². The van der Waals surface area contributed by atoms with Gasteiger partial charge in [0.2, 0.25) is 19.7 Å². The number of rotatable bonds is 2. The molecule has 0 fully saturated rings. The minimum absolute atomic E-state index is 0.0128. The molecule has 0 saturated heterocycles. The average Bonchev–Trinajstić information content (AvgIpc) is 2.83. The highest BCUT2D eigenvalue weighted by molar-refractivity contribution is 7.91. The number of hydrogen-bond acceptors (Lipinski definition) is 11. The second kappa shape index (κ2) is 9.74. The number of fused-ring (bicyclic) bond motifs is 2. The number of ether oxygens (including phenoxy) is 3. The summed E-state index contributed by atoms with van der Waals surface area (Å²) in [5.41, 5.74) is 9.86. The Kier molecular flexibility index (Phi) is 7.12. The SMILES string of the molecule is COC(=O)c1ccc2c(c1)C(=O)OCS2(=O)=O.NC(N)=NC(=O)c1ccc2c(c1)C(=O)OCS2(=O)=O. The molecule has 0 saturated carbocycles. The fraction of sp³-hybridized carbons (Fsp3) is 0.150. The van der Waals surface area contributed by atoms with Crippen LogP contribution in [0.1, 0.15) is 41.4 Å². The van der Waals surface area contributed by atoms with Crippen molar-refractivity contribution in [3.63, 3.8) is 0 Å². The minimum atomic E-state index is -3.68. The molecular weight excluding hydrogens is 522 g/mol. The Morgan fingerprint density at radius 2 is 1.28 bits per heavy atom. The van der Waals surface area contributed by atoms with Gasteiger partial charge in [-0.25, -0.2) is 31.2 Å². The Hall–Kier alpha value is -4.31. The van der Waals surface area contributed by atoms with Crippen molar-refractivity contribution < 1.29 is 50.2 Å². The number of benzene rings is 2. The molecule has 1 amide bonds. The van der Waals surface area contributed by atoms with E-state index in [1.165, 1.54) is 25.3 Å². The molecule has 2 aliphatic heterocycles. The third-order valence-corrected chi connectivity index (χ3v) is 7.57. The van der Waals surface area contributed by atoms with Crippen LogP contribution in [-0.4, -0.2) is 65.6 Å². The van der Waals surface area contributed by atoms with E-state index in [-0.39, 0.29) is 32.0 Å². The Bertz CT molecular complexity index is 1540. The molecule has 0 aliphatic carbocycles. The molecule has 0 spiro atoms. The van der Waals surface area contributed by atoms with Crippen LogP contribution in [0, 0.1) is 0 Å². The van der Waals surface area contributed by atoms with E-state index < -0.39 is 61.3 Å². The maximum absolute atomic E-state index is 11.6. The Morgan fingerprint density at radius 1 is 0.833 bits per heavy atom. The monoisotopic (exact) mass is 539 g/mol. The fourth-order valence-corrected chi connectivity index (χ4v) is 5.31. The van der Waals surface area contributed by atoms with Crippen LogP contribution >= 0.6 is 0 Å². The molecular formula is C20H17N3O11S2. The molecule has 0 unspecified atom stereocenters. The van der Waals surface area contributed by atoms with Crippen LogP contribution in [0.2, 0.25) is 0 Å². The molecule has 2 aromatic carbocycles. The van der Waals surface area contributed by atoms with E-state index in [1.54, 1.807) is 0 Å². The normalized spacial score (nSPS) is 16.5. The Balaban J connectivity index is 0.000000202. The minimum Gasteiger partial charge on any atom is -0.465 e. The van der Waals surface area contributed by atoms with Crippen molar-refractivity contribution in [2.45, 2.75) is 9.79 Å². The molecule has 0 aromatic heterocycles. The first-order valence-electron chi connectivity index (χ1n) is 9.57. The Labute approximate surface area is 203 Å². The molecule has 2 aliphatic rings. The topological polar surface area (TPSA) is 229 Å². The van der Waals surface area contributed by atoms with Gasteiger partial charge in [-0.05, 0) is 36.4 Å². The molecule has 0 radical (unpaired) electrons. The fourth-order valence-electron chi connectivity index (χ4n) is 3.03. The smallest absolute Gasteiger partial charge is 0.340 e. The molecule has 190 valence electrons. The lowest BCUT2D eigenvalue weighted by Crippen LogP contribution is -2.25. The lowest BCUT2D eigenvalue weighted by Gasteiger charge is -2.16. The van der Waals surface area contributed by atoms with Gasteiger partial charge in [0, 0.05) is 5.56 Å². The number of nitrogens with two attached hydrogens (primary N) is 2. The molecule has 0 bridgehead atoms. The quantitative estimate of drug-likeness (QED) is 0.210. The van der Waals surface area contributed by atoms with E-state index in [0.717, 1.165) is 18.2 Å². The van der Waals surface area contributed by atoms with Crippen molar-refractivity contribution in [1.29, 1.82) is 0 Å². The van der Waals surface area contributed by atoms with Gasteiger partial charge < -0.3 is 25.7 Å². The molecule has 4 rings (SSSR count). The number of guanidine groups is 1. The summed E-state index contributed by atoms with van der Waals surface area (Å²) in [4.78, 5) is 48.7. The summed E-state index contributed by atoms with van der Waals surface area (Å²) in [6.45, 7) is 0. The first-order valence-corrected chi connectivity index (χ1v) is 12.9. The summed E-state index contributed by atoms with van der Waals surface area (Å²) < 4.78 is 59.9. The van der Waals surface area contributed by atoms with Crippen LogP contribution in [0.4, 0.5) is 0 Å². The standard InChI is InChI=1S/C10H9N3O5S.C10H8O6S/c11-10(12)13-8(14)5-1-2-7-6(3-5)9(15)18-4-19(7,16)17;1-15-9(11)6-2-3-8-7(4-6)10(12)16-5-17(8,13)14/h1-3H,4H2,(H4,11,12,13,14);2-4H,5H2,1H3. The van der Waals surface area contributed by atoms with Crippen LogP contribution in [0.5, 0.6) is 0 Å². The zero-order chi connectivity index (χ0) is 26.8. The maximum atomic E-state index is 11.6. The first kappa shape index (κ1) is 26.3. The molecule has 14 nitrogen and oxygen atoms in total. The van der Waals surface area contributed by atoms with Crippen molar-refractivity contribution in [3.8, 4) is 0 Å². The largest absolute Gasteiger partial charge is 0.465 e. The van der Waals surface area contributed by atoms with Gasteiger partial charge in [-0.3, -0.25) is 4.79 Å². The van der Waals surface area contributed by atoms with Gasteiger partial charge >= 0.3 is 17.9 Å². The molecule has 2 heterocycles. The van der Waals surface area contributed by atoms with Crippen LogP contribution in [0.15, 0.2) is 51.2 Å². The predicted octanol–water partition coefficient (Wildman–Crippen LogP) is -0.623. The highest BCUT2D eigenvalue weighted by Gasteiger charge is 2.32. The number of cyclic esters (lactones) is 2. The van der Waals surface area contributed by atoms with Crippen molar-refractivity contribution in [3.05, 3.63) is 58.7 Å². The van der Waals surface area contributed by atoms with Crippen molar-refractivity contribution in [2.75, 3.05) is 19.0 Å². The summed E-state index contributed by atoms with van der Waals surface area (Å²) in [6.07, 6.45) is 0. The van der Waals surface area contributed by atoms with Gasteiger partial charge in [0.05, 0.1) is 33.6 Å². The van der Waals surface area contributed by atoms with Crippen LogP contribution < -0.4 is 11.5 Å². The number of methoxy groups -OCH3 is 1. The van der Waals surface area contributed by atoms with E-state index in [4.69, 9.17) is 11.5 Å². The summed E-state index contributed by atoms with van der Waals surface area (Å²) >= 11 is 0. The summed E-state index contributed by atoms with van der Waals surface area (Å²) in [7, 11) is -6.11. The third kappa shape index (κ3) is 5.33. The molecule has 2 aromatic rings. The number of carbonyl (C=O) groups excluding carboxylic acids is 4. The number of nitrogens with zero attached hydrogens (tertiary/aromatic N) is 1. The average molecular weight is 540 g/mol. The molecule has 0 atom stereocenters. The summed E-state index contributed by atoms with van der Waals surface area (Å²) in [5.74, 6) is -4.82. The Morgan fingerprint density at radius 3 is 1.72 bits per heavy atom. The maximum Gasteiger partial charge on any atom is 0.340 e. The van der Waals surface area contributed by atoms with Gasteiger partial charge in [-0.15, -0.1) is 0 Å². The van der Waals surface area contributed by atoms with Gasteiger partial charge in [-0.2, -0.15) is 4.99 Å². The summed E-state index contributed by atoms with van der Waals surface area (Å²) in [5, 5.41) is 0. The van der Waals surface area contributed by atoms with Crippen molar-refractivity contribution >= 4 is 49.4 Å². The lowest BCUT2D eigenvalue weighted by molar-refractivity contribution is 0.0545. The third-order valence-electron chi connectivity index (χ3n) is 4.66. The second-order valence-corrected chi connectivity index (χ2v) is 10.9. The number of sulfone groups is 2. The number of amides is 1. The van der Waals surface area contributed by atoms with Gasteiger partial charge in [0.15, 0.2) is 17.8 Å². The highest BCUT2D eigenvalue weighted by atomic mass is 32.2. The molecule has 16 heteroatoms. The van der Waals surface area contributed by atoms with Gasteiger partial charge in [-0.1, -0.05) is 0 Å². The molecule has 4 N–H and O–H groups in total. The van der Waals surface area contributed by atoms with E-state index >= 15 is 0 Å². The zero-order valence-electron chi connectivity index (χ0n) is 18.3. The van der Waals surface area contributed by atoms with E-state index in [1.807, 2.05) is 0 Å². The number of esters is 3. The van der Waals surface area contributed by atoms with Crippen LogP contribution in [0.3, 0.4) is 0 Å². The van der Waals surface area contributed by atoms with E-state index in [2.05, 4.69) is 19.2 Å². The predicted molar refractivity (Wildman–Crippen MR) is 119 cm³/mol. The number of hydrogen-bond donors (Lipinski definition) is 2. The van der Waals surface area contributed by atoms with E-state index in [0.29, 0.717) is 0 Å². The summed E-state index contributed by atoms with van der Waals surface area (Å²) in [6, 6.07) is 7.12. The zero-order valence-corrected chi connectivity index (χ0v) is 19.9. The lowest BCUT2D eigenvalue weighted by atomic mass is 10.1. The van der Waals surface area contributed by atoms with Crippen molar-refractivity contribution in [2.24, 2.45) is 16.5 Å². The van der Waals surface area contributed by atoms with Gasteiger partial charge in [0.1, 0.15) is 0 Å². The number of carbonyl (C=O) groups is 4. The van der Waals surface area contributed by atoms with Crippen LogP contribution in [-0.2, 0) is 33.9 Å². The highest BCUT2D eigenvalue weighted by Crippen LogP contribution is 2.26. The van der Waals surface area contributed by atoms with E-state index in [9.17, 15) is 36.0 Å². The first-order chi connectivity index (χ1) is 16.8. The number of aliphatic imine (C=N–C) groups is 1. The molecule has 36 heavy (non-hydrogen) atoms. The second-order valence-electron chi connectivity index (χ2n) is 7.08.